The van der Waals surface area contributed by atoms with Crippen LogP contribution in [0.5, 0.6) is 0 Å². The average Bonchev–Trinajstić information content (AvgIpc) is 2.16. The molecule has 1 amide bonds. The summed E-state index contributed by atoms with van der Waals surface area (Å²) in [6, 6.07) is 3.13. The van der Waals surface area contributed by atoms with Crippen molar-refractivity contribution in [2.75, 3.05) is 0 Å². The molecule has 0 radical (unpaired) electrons. The van der Waals surface area contributed by atoms with E-state index in [2.05, 4.69) is 20.9 Å². The van der Waals surface area contributed by atoms with Gasteiger partial charge in [0.05, 0.1) is 5.69 Å². The van der Waals surface area contributed by atoms with E-state index in [1.807, 2.05) is 0 Å². The van der Waals surface area contributed by atoms with Crippen LogP contribution in [0.15, 0.2) is 22.8 Å². The van der Waals surface area contributed by atoms with Crippen molar-refractivity contribution in [2.45, 2.75) is 12.2 Å². The van der Waals surface area contributed by atoms with Crippen LogP contribution < -0.4 is 5.73 Å². The second kappa shape index (κ2) is 4.50. The zero-order valence-corrected chi connectivity index (χ0v) is 8.68. The summed E-state index contributed by atoms with van der Waals surface area (Å²) in [5, 5.41) is 18.6. The van der Waals surface area contributed by atoms with Crippen molar-refractivity contribution in [3.05, 3.63) is 28.5 Å². The minimum atomic E-state index is -1.64. The molecule has 1 rings (SSSR count). The number of primary amides is 1. The van der Waals surface area contributed by atoms with Crippen molar-refractivity contribution in [2.24, 2.45) is 5.73 Å². The van der Waals surface area contributed by atoms with Crippen LogP contribution in [0.3, 0.4) is 0 Å². The van der Waals surface area contributed by atoms with Gasteiger partial charge in [0.25, 0.3) is 0 Å². The Morgan fingerprint density at radius 1 is 1.50 bits per heavy atom. The third-order valence-corrected chi connectivity index (χ3v) is 2.11. The topological polar surface area (TPSA) is 96.4 Å². The molecule has 76 valence electrons. The van der Waals surface area contributed by atoms with E-state index in [1.165, 1.54) is 12.3 Å². The standard InChI is InChI=1S/C8H9BrN2O3/c9-4-1-2-5(11-3-4)6(12)7(13)8(10)14/h1-3,6-7,12-13H,(H2,10,14). The molecule has 0 saturated carbocycles. The number of amides is 1. The number of aliphatic hydroxyl groups is 2. The molecule has 0 aliphatic carbocycles. The fraction of sp³-hybridized carbons (Fsp3) is 0.250. The molecule has 0 aliphatic rings. The summed E-state index contributed by atoms with van der Waals surface area (Å²) < 4.78 is 0.738. The normalized spacial score (nSPS) is 14.8. The molecule has 0 saturated heterocycles. The fourth-order valence-electron chi connectivity index (χ4n) is 0.880. The lowest BCUT2D eigenvalue weighted by atomic mass is 10.1. The smallest absolute Gasteiger partial charge is 0.249 e. The van der Waals surface area contributed by atoms with E-state index < -0.39 is 18.1 Å². The van der Waals surface area contributed by atoms with Crippen LogP contribution in [-0.2, 0) is 4.79 Å². The Labute approximate surface area is 88.7 Å². The number of rotatable bonds is 3. The van der Waals surface area contributed by atoms with Gasteiger partial charge < -0.3 is 15.9 Å². The van der Waals surface area contributed by atoms with Gasteiger partial charge in [0.1, 0.15) is 6.10 Å². The minimum absolute atomic E-state index is 0.194. The number of nitrogens with zero attached hydrogens (tertiary/aromatic N) is 1. The highest BCUT2D eigenvalue weighted by Crippen LogP contribution is 2.16. The van der Waals surface area contributed by atoms with Crippen molar-refractivity contribution in [1.29, 1.82) is 0 Å². The maximum Gasteiger partial charge on any atom is 0.249 e. The zero-order chi connectivity index (χ0) is 10.7. The van der Waals surface area contributed by atoms with Gasteiger partial charge in [0, 0.05) is 10.7 Å². The molecule has 0 fully saturated rings. The monoisotopic (exact) mass is 260 g/mol. The lowest BCUT2D eigenvalue weighted by Crippen LogP contribution is -2.34. The number of carbonyl (C=O) groups is 1. The number of nitrogens with two attached hydrogens (primary N) is 1. The summed E-state index contributed by atoms with van der Waals surface area (Å²) >= 11 is 3.16. The number of carbonyl (C=O) groups excluding carboxylic acids is 1. The van der Waals surface area contributed by atoms with Crippen LogP contribution in [0.4, 0.5) is 0 Å². The van der Waals surface area contributed by atoms with Crippen LogP contribution in [0, 0.1) is 0 Å². The molecule has 2 unspecified atom stereocenters. The molecule has 4 N–H and O–H groups in total. The number of aromatic nitrogens is 1. The molecule has 6 heteroatoms. The van der Waals surface area contributed by atoms with Gasteiger partial charge in [-0.25, -0.2) is 0 Å². The molecule has 1 aromatic heterocycles. The highest BCUT2D eigenvalue weighted by Gasteiger charge is 2.24. The van der Waals surface area contributed by atoms with Gasteiger partial charge in [-0.15, -0.1) is 0 Å². The third-order valence-electron chi connectivity index (χ3n) is 1.64. The van der Waals surface area contributed by atoms with Gasteiger partial charge in [0.2, 0.25) is 5.91 Å². The lowest BCUT2D eigenvalue weighted by molar-refractivity contribution is -0.132. The van der Waals surface area contributed by atoms with Gasteiger partial charge in [-0.05, 0) is 28.1 Å². The Bertz CT molecular complexity index is 328. The molecule has 1 heterocycles. The zero-order valence-electron chi connectivity index (χ0n) is 7.09. The highest BCUT2D eigenvalue weighted by atomic mass is 79.9. The molecular formula is C8H9BrN2O3. The first kappa shape index (κ1) is 11.1. The van der Waals surface area contributed by atoms with E-state index in [1.54, 1.807) is 6.07 Å². The molecule has 0 aromatic carbocycles. The fourth-order valence-corrected chi connectivity index (χ4v) is 1.11. The summed E-state index contributed by atoms with van der Waals surface area (Å²) in [6.07, 6.45) is -1.57. The molecule has 14 heavy (non-hydrogen) atoms. The first-order valence-corrected chi connectivity index (χ1v) is 4.58. The molecule has 0 aliphatic heterocycles. The van der Waals surface area contributed by atoms with Crippen molar-refractivity contribution in [1.82, 2.24) is 4.98 Å². The van der Waals surface area contributed by atoms with Crippen LogP contribution in [0.2, 0.25) is 0 Å². The summed E-state index contributed by atoms with van der Waals surface area (Å²) in [7, 11) is 0. The minimum Gasteiger partial charge on any atom is -0.384 e. The number of halogens is 1. The van der Waals surface area contributed by atoms with Crippen LogP contribution >= 0.6 is 15.9 Å². The Kier molecular flexibility index (Phi) is 3.56. The van der Waals surface area contributed by atoms with Gasteiger partial charge in [-0.1, -0.05) is 0 Å². The Hall–Kier alpha value is -0.980. The maximum absolute atomic E-state index is 10.6. The van der Waals surface area contributed by atoms with E-state index in [0.717, 1.165) is 4.47 Å². The van der Waals surface area contributed by atoms with Crippen molar-refractivity contribution < 1.29 is 15.0 Å². The molecule has 0 bridgehead atoms. The second-order valence-electron chi connectivity index (χ2n) is 2.69. The van der Waals surface area contributed by atoms with E-state index in [0.29, 0.717) is 0 Å². The molecule has 2 atom stereocenters. The Balaban J connectivity index is 2.84. The van der Waals surface area contributed by atoms with E-state index in [-0.39, 0.29) is 5.69 Å². The number of aliphatic hydroxyl groups excluding tert-OH is 2. The maximum atomic E-state index is 10.6. The average molecular weight is 261 g/mol. The molecule has 1 aromatic rings. The number of pyridine rings is 1. The molecule has 5 nitrogen and oxygen atoms in total. The third kappa shape index (κ3) is 2.50. The van der Waals surface area contributed by atoms with Crippen molar-refractivity contribution in [3.8, 4) is 0 Å². The number of hydrogen-bond donors (Lipinski definition) is 3. The predicted octanol–water partition coefficient (Wildman–Crippen LogP) is -0.276. The Morgan fingerprint density at radius 2 is 2.14 bits per heavy atom. The second-order valence-corrected chi connectivity index (χ2v) is 3.61. The highest BCUT2D eigenvalue weighted by molar-refractivity contribution is 9.10. The van der Waals surface area contributed by atoms with E-state index in [4.69, 9.17) is 10.8 Å². The number of hydrogen-bond acceptors (Lipinski definition) is 4. The lowest BCUT2D eigenvalue weighted by Gasteiger charge is -2.13. The predicted molar refractivity (Wildman–Crippen MR) is 52.1 cm³/mol. The van der Waals surface area contributed by atoms with Crippen LogP contribution in [0.1, 0.15) is 11.8 Å². The summed E-state index contributed by atoms with van der Waals surface area (Å²) in [5.74, 6) is -0.984. The first-order chi connectivity index (χ1) is 6.52. The largest absolute Gasteiger partial charge is 0.384 e. The quantitative estimate of drug-likeness (QED) is 0.697. The van der Waals surface area contributed by atoms with Gasteiger partial charge in [0.15, 0.2) is 6.10 Å². The van der Waals surface area contributed by atoms with Crippen LogP contribution in [-0.4, -0.2) is 27.2 Å². The van der Waals surface area contributed by atoms with Gasteiger partial charge in [-0.2, -0.15) is 0 Å². The molecular weight excluding hydrogens is 252 g/mol. The summed E-state index contributed by atoms with van der Waals surface area (Å²) in [6.45, 7) is 0. The SMILES string of the molecule is NC(=O)C(O)C(O)c1ccc(Br)cn1. The first-order valence-electron chi connectivity index (χ1n) is 3.79. The van der Waals surface area contributed by atoms with E-state index >= 15 is 0 Å². The van der Waals surface area contributed by atoms with Crippen molar-refractivity contribution >= 4 is 21.8 Å². The van der Waals surface area contributed by atoms with Gasteiger partial charge >= 0.3 is 0 Å². The Morgan fingerprint density at radius 3 is 2.57 bits per heavy atom. The van der Waals surface area contributed by atoms with Crippen LogP contribution in [0.25, 0.3) is 0 Å². The van der Waals surface area contributed by atoms with Gasteiger partial charge in [-0.3, -0.25) is 9.78 Å². The molecule has 0 spiro atoms. The summed E-state index contributed by atoms with van der Waals surface area (Å²) in [5.41, 5.74) is 5.01. The van der Waals surface area contributed by atoms with Crippen molar-refractivity contribution in [3.63, 3.8) is 0 Å². The van der Waals surface area contributed by atoms with E-state index in [9.17, 15) is 9.90 Å². The summed E-state index contributed by atoms with van der Waals surface area (Å²) in [4.78, 5) is 14.4.